The monoisotopic (exact) mass is 281 g/mol. The summed E-state index contributed by atoms with van der Waals surface area (Å²) in [5, 5.41) is 9.52. The van der Waals surface area contributed by atoms with Gasteiger partial charge in [0.25, 0.3) is 0 Å². The Balaban J connectivity index is 2.12. The zero-order valence-electron chi connectivity index (χ0n) is 12.8. The number of carbonyl (C=O) groups excluding carboxylic acids is 1. The van der Waals surface area contributed by atoms with Crippen LogP contribution in [0, 0.1) is 10.8 Å². The fraction of sp³-hybridized carbons (Fsp3) is 0.875. The molecule has 20 heavy (non-hydrogen) atoms. The lowest BCUT2D eigenvalue weighted by molar-refractivity contribution is -0.158. The van der Waals surface area contributed by atoms with Crippen LogP contribution in [0.3, 0.4) is 0 Å². The highest BCUT2D eigenvalue weighted by Gasteiger charge is 2.45. The van der Waals surface area contributed by atoms with E-state index in [0.717, 1.165) is 38.6 Å². The van der Waals surface area contributed by atoms with Crippen LogP contribution in [0.25, 0.3) is 0 Å². The van der Waals surface area contributed by atoms with E-state index in [1.807, 2.05) is 11.8 Å². The highest BCUT2D eigenvalue weighted by Crippen LogP contribution is 2.40. The number of nitrogens with zero attached hydrogens (tertiary/aromatic N) is 1. The lowest BCUT2D eigenvalue weighted by atomic mass is 9.72. The quantitative estimate of drug-likeness (QED) is 0.865. The van der Waals surface area contributed by atoms with Crippen LogP contribution in [0.2, 0.25) is 0 Å². The Morgan fingerprint density at radius 3 is 2.30 bits per heavy atom. The van der Waals surface area contributed by atoms with Crippen molar-refractivity contribution in [2.75, 3.05) is 13.1 Å². The highest BCUT2D eigenvalue weighted by molar-refractivity contribution is 5.84. The molecular weight excluding hydrogens is 254 g/mol. The van der Waals surface area contributed by atoms with Crippen molar-refractivity contribution in [3.8, 4) is 0 Å². The molecule has 4 heteroatoms. The van der Waals surface area contributed by atoms with Gasteiger partial charge in [-0.05, 0) is 32.1 Å². The van der Waals surface area contributed by atoms with Crippen molar-refractivity contribution in [1.29, 1.82) is 0 Å². The van der Waals surface area contributed by atoms with Gasteiger partial charge in [0.2, 0.25) is 5.91 Å². The number of hydrogen-bond acceptors (Lipinski definition) is 2. The summed E-state index contributed by atoms with van der Waals surface area (Å²) < 4.78 is 0. The van der Waals surface area contributed by atoms with Crippen LogP contribution in [-0.4, -0.2) is 35.0 Å². The van der Waals surface area contributed by atoms with E-state index in [0.29, 0.717) is 19.4 Å². The molecule has 1 N–H and O–H groups in total. The molecule has 2 rings (SSSR count). The molecule has 1 aliphatic heterocycles. The summed E-state index contributed by atoms with van der Waals surface area (Å²) in [5.74, 6) is -0.553. The number of carboxylic acids is 1. The molecule has 1 unspecified atom stereocenters. The summed E-state index contributed by atoms with van der Waals surface area (Å²) in [7, 11) is 0. The summed E-state index contributed by atoms with van der Waals surface area (Å²) >= 11 is 0. The predicted molar refractivity (Wildman–Crippen MR) is 77.4 cm³/mol. The molecule has 4 nitrogen and oxygen atoms in total. The fourth-order valence-corrected chi connectivity index (χ4v) is 3.85. The molecule has 1 atom stereocenters. The summed E-state index contributed by atoms with van der Waals surface area (Å²) in [6, 6.07) is 0. The van der Waals surface area contributed by atoms with Crippen LogP contribution in [0.1, 0.15) is 65.2 Å². The van der Waals surface area contributed by atoms with Crippen LogP contribution in [0.4, 0.5) is 0 Å². The van der Waals surface area contributed by atoms with Gasteiger partial charge in [0.1, 0.15) is 0 Å². The van der Waals surface area contributed by atoms with Crippen LogP contribution in [0.15, 0.2) is 0 Å². The van der Waals surface area contributed by atoms with Crippen LogP contribution >= 0.6 is 0 Å². The molecule has 1 saturated heterocycles. The smallest absolute Gasteiger partial charge is 0.311 e. The van der Waals surface area contributed by atoms with E-state index >= 15 is 0 Å². The van der Waals surface area contributed by atoms with Gasteiger partial charge < -0.3 is 10.0 Å². The van der Waals surface area contributed by atoms with Gasteiger partial charge in [-0.1, -0.05) is 33.1 Å². The van der Waals surface area contributed by atoms with E-state index in [1.54, 1.807) is 0 Å². The average Bonchev–Trinajstić information content (AvgIpc) is 2.47. The van der Waals surface area contributed by atoms with Gasteiger partial charge in [-0.25, -0.2) is 0 Å². The third-order valence-corrected chi connectivity index (χ3v) is 5.47. The molecule has 2 aliphatic rings. The van der Waals surface area contributed by atoms with Crippen molar-refractivity contribution < 1.29 is 14.7 Å². The molecule has 0 spiro atoms. The molecule has 1 saturated carbocycles. The number of rotatable bonds is 3. The maximum Gasteiger partial charge on any atom is 0.311 e. The standard InChI is InChI=1S/C16H27NO3/c1-3-16(14(19)20)10-7-11-17(12-16)13(18)15(2)8-5-4-6-9-15/h3-12H2,1-2H3,(H,19,20). The summed E-state index contributed by atoms with van der Waals surface area (Å²) in [6.45, 7) is 5.11. The minimum Gasteiger partial charge on any atom is -0.481 e. The first kappa shape index (κ1) is 15.3. The van der Waals surface area contributed by atoms with Crippen molar-refractivity contribution in [2.45, 2.75) is 65.2 Å². The molecule has 1 aliphatic carbocycles. The number of amides is 1. The number of hydrogen-bond donors (Lipinski definition) is 1. The van der Waals surface area contributed by atoms with Crippen molar-refractivity contribution in [1.82, 2.24) is 4.90 Å². The summed E-state index contributed by atoms with van der Waals surface area (Å²) in [4.78, 5) is 26.3. The maximum absolute atomic E-state index is 12.8. The first-order valence-electron chi connectivity index (χ1n) is 7.96. The number of aliphatic carboxylic acids is 1. The first-order chi connectivity index (χ1) is 9.43. The van der Waals surface area contributed by atoms with E-state index in [2.05, 4.69) is 6.92 Å². The number of piperidine rings is 1. The zero-order valence-corrected chi connectivity index (χ0v) is 12.8. The Labute approximate surface area is 121 Å². The molecule has 0 aromatic heterocycles. The van der Waals surface area contributed by atoms with Crippen molar-refractivity contribution >= 4 is 11.9 Å². The lowest BCUT2D eigenvalue weighted by Crippen LogP contribution is -2.53. The third kappa shape index (κ3) is 2.70. The van der Waals surface area contributed by atoms with Gasteiger partial charge in [0.15, 0.2) is 0 Å². The Morgan fingerprint density at radius 2 is 1.75 bits per heavy atom. The molecule has 1 heterocycles. The minimum atomic E-state index is -0.744. The lowest BCUT2D eigenvalue weighted by Gasteiger charge is -2.44. The Morgan fingerprint density at radius 1 is 1.10 bits per heavy atom. The molecule has 0 radical (unpaired) electrons. The van der Waals surface area contributed by atoms with E-state index in [9.17, 15) is 14.7 Å². The Bertz CT molecular complexity index is 387. The minimum absolute atomic E-state index is 0.191. The molecule has 114 valence electrons. The van der Waals surface area contributed by atoms with E-state index in [4.69, 9.17) is 0 Å². The third-order valence-electron chi connectivity index (χ3n) is 5.47. The molecular formula is C16H27NO3. The fourth-order valence-electron chi connectivity index (χ4n) is 3.85. The molecule has 0 aromatic rings. The van der Waals surface area contributed by atoms with E-state index in [-0.39, 0.29) is 11.3 Å². The second-order valence-corrected chi connectivity index (χ2v) is 6.89. The van der Waals surface area contributed by atoms with Gasteiger partial charge in [-0.15, -0.1) is 0 Å². The molecule has 0 bridgehead atoms. The maximum atomic E-state index is 12.8. The van der Waals surface area contributed by atoms with Crippen LogP contribution in [-0.2, 0) is 9.59 Å². The largest absolute Gasteiger partial charge is 0.481 e. The first-order valence-corrected chi connectivity index (χ1v) is 7.96. The highest BCUT2D eigenvalue weighted by atomic mass is 16.4. The average molecular weight is 281 g/mol. The predicted octanol–water partition coefficient (Wildman–Crippen LogP) is 3.06. The van der Waals surface area contributed by atoms with E-state index in [1.165, 1.54) is 6.42 Å². The van der Waals surface area contributed by atoms with Gasteiger partial charge in [0, 0.05) is 18.5 Å². The van der Waals surface area contributed by atoms with Gasteiger partial charge in [0.05, 0.1) is 5.41 Å². The van der Waals surface area contributed by atoms with Crippen molar-refractivity contribution in [2.24, 2.45) is 10.8 Å². The number of carboxylic acid groups (broad SMARTS) is 1. The topological polar surface area (TPSA) is 57.6 Å². The second kappa shape index (κ2) is 5.74. The number of carbonyl (C=O) groups is 2. The van der Waals surface area contributed by atoms with Crippen molar-refractivity contribution in [3.05, 3.63) is 0 Å². The Hall–Kier alpha value is -1.06. The van der Waals surface area contributed by atoms with E-state index < -0.39 is 11.4 Å². The normalized spacial score (nSPS) is 30.0. The van der Waals surface area contributed by atoms with Crippen LogP contribution < -0.4 is 0 Å². The Kier molecular flexibility index (Phi) is 4.40. The van der Waals surface area contributed by atoms with Gasteiger partial charge in [-0.2, -0.15) is 0 Å². The van der Waals surface area contributed by atoms with Gasteiger partial charge in [-0.3, -0.25) is 9.59 Å². The van der Waals surface area contributed by atoms with Crippen molar-refractivity contribution in [3.63, 3.8) is 0 Å². The molecule has 1 amide bonds. The second-order valence-electron chi connectivity index (χ2n) is 6.89. The number of likely N-dealkylation sites (tertiary alicyclic amines) is 1. The summed E-state index contributed by atoms with van der Waals surface area (Å²) in [5.41, 5.74) is -0.980. The molecule has 2 fully saturated rings. The summed E-state index contributed by atoms with van der Waals surface area (Å²) in [6.07, 6.45) is 7.46. The van der Waals surface area contributed by atoms with Crippen LogP contribution in [0.5, 0.6) is 0 Å². The SMILES string of the molecule is CCC1(C(=O)O)CCCN(C(=O)C2(C)CCCCC2)C1. The molecule has 0 aromatic carbocycles. The zero-order chi connectivity index (χ0) is 14.8. The van der Waals surface area contributed by atoms with Gasteiger partial charge >= 0.3 is 5.97 Å².